The Morgan fingerprint density at radius 1 is 1.11 bits per heavy atom. The van der Waals surface area contributed by atoms with Gasteiger partial charge in [0.05, 0.1) is 0 Å². The molecule has 1 aromatic carbocycles. The summed E-state index contributed by atoms with van der Waals surface area (Å²) in [5, 5.41) is 0. The average Bonchev–Trinajstić information content (AvgIpc) is 3.20. The highest BCUT2D eigenvalue weighted by molar-refractivity contribution is 6.77. The van der Waals surface area contributed by atoms with Gasteiger partial charge in [-0.1, -0.05) is 68.2 Å². The minimum absolute atomic E-state index is 0.148. The summed E-state index contributed by atoms with van der Waals surface area (Å²) in [5.74, 6) is 0. The van der Waals surface area contributed by atoms with Gasteiger partial charge in [0.15, 0.2) is 0 Å². The Hall–Kier alpha value is -2.10. The normalized spacial score (nSPS) is 16.1. The van der Waals surface area contributed by atoms with Crippen LogP contribution in [0, 0.1) is 0 Å². The quantitative estimate of drug-likeness (QED) is 0.484. The molecule has 0 saturated heterocycles. The Morgan fingerprint density at radius 2 is 1.67 bits per heavy atom. The maximum Gasteiger partial charge on any atom is 0.131 e. The third-order valence-corrected chi connectivity index (χ3v) is 8.03. The number of nitrogens with one attached hydrogen (secondary N) is 1. The predicted octanol–water partition coefficient (Wildman–Crippen LogP) is 6.36. The lowest BCUT2D eigenvalue weighted by atomic mass is 10.1. The second kappa shape index (κ2) is 8.28. The van der Waals surface area contributed by atoms with Gasteiger partial charge in [-0.15, -0.1) is 0 Å². The number of allylic oxidation sites excluding steroid dienone is 3. The van der Waals surface area contributed by atoms with Crippen molar-refractivity contribution in [3.05, 3.63) is 90.8 Å². The lowest BCUT2D eigenvalue weighted by Crippen LogP contribution is -2.57. The molecule has 3 rings (SSSR count). The molecule has 3 heteroatoms. The second-order valence-electron chi connectivity index (χ2n) is 8.85. The van der Waals surface area contributed by atoms with E-state index in [1.807, 2.05) is 6.92 Å². The standard InChI is InChI=1S/C19H26N2Si.C5H8/c1-19(2,3)20-22(4,5)18-14-17(21-12-8-9-13-21)15-10-6-7-11-16(15)18;1-4-5(2)3/h6-14,18,20H,1-5H3;4H,1-2H2,3H3. The minimum atomic E-state index is -1.65. The molecule has 1 aliphatic carbocycles. The molecule has 0 aliphatic heterocycles. The molecule has 2 nitrogen and oxygen atoms in total. The van der Waals surface area contributed by atoms with Gasteiger partial charge in [-0.3, -0.25) is 0 Å². The monoisotopic (exact) mass is 378 g/mol. The van der Waals surface area contributed by atoms with E-state index in [1.165, 1.54) is 16.8 Å². The first-order valence-corrected chi connectivity index (χ1v) is 12.6. The van der Waals surface area contributed by atoms with Gasteiger partial charge in [-0.25, -0.2) is 0 Å². The SMILES string of the molecule is C=CC(=C)C.CC(C)(C)N[Si](C)(C)C1C=C(n2cccc2)c2ccccc21. The Kier molecular flexibility index (Phi) is 6.50. The average molecular weight is 379 g/mol. The Morgan fingerprint density at radius 3 is 2.19 bits per heavy atom. The molecular weight excluding hydrogens is 344 g/mol. The lowest BCUT2D eigenvalue weighted by molar-refractivity contribution is 0.509. The highest BCUT2D eigenvalue weighted by atomic mass is 28.3. The van der Waals surface area contributed by atoms with Gasteiger partial charge in [0.2, 0.25) is 0 Å². The molecule has 1 aliphatic rings. The zero-order chi connectivity index (χ0) is 20.2. The molecule has 27 heavy (non-hydrogen) atoms. The fourth-order valence-electron chi connectivity index (χ4n) is 3.70. The molecule has 0 spiro atoms. The molecule has 1 N–H and O–H groups in total. The van der Waals surface area contributed by atoms with Crippen molar-refractivity contribution < 1.29 is 0 Å². The van der Waals surface area contributed by atoms with E-state index in [0.717, 1.165) is 5.57 Å². The van der Waals surface area contributed by atoms with Gasteiger partial charge in [0, 0.05) is 34.7 Å². The van der Waals surface area contributed by atoms with E-state index in [4.69, 9.17) is 0 Å². The third kappa shape index (κ3) is 5.44. The summed E-state index contributed by atoms with van der Waals surface area (Å²) in [6.45, 7) is 20.6. The van der Waals surface area contributed by atoms with Gasteiger partial charge in [-0.05, 0) is 45.4 Å². The summed E-state index contributed by atoms with van der Waals surface area (Å²) in [6, 6.07) is 13.0. The van der Waals surface area contributed by atoms with E-state index in [9.17, 15) is 0 Å². The van der Waals surface area contributed by atoms with E-state index in [0.29, 0.717) is 5.54 Å². The molecule has 144 valence electrons. The Labute approximate surface area is 166 Å². The van der Waals surface area contributed by atoms with Gasteiger partial charge < -0.3 is 9.55 Å². The molecule has 1 heterocycles. The van der Waals surface area contributed by atoms with Crippen LogP contribution in [0.3, 0.4) is 0 Å². The highest BCUT2D eigenvalue weighted by Crippen LogP contribution is 2.41. The van der Waals surface area contributed by atoms with Gasteiger partial charge in [0.1, 0.15) is 8.24 Å². The highest BCUT2D eigenvalue weighted by Gasteiger charge is 2.39. The van der Waals surface area contributed by atoms with Crippen LogP contribution < -0.4 is 4.98 Å². The van der Waals surface area contributed by atoms with E-state index in [1.54, 1.807) is 6.08 Å². The van der Waals surface area contributed by atoms with Gasteiger partial charge in [-0.2, -0.15) is 0 Å². The molecule has 0 saturated carbocycles. The van der Waals surface area contributed by atoms with Crippen LogP contribution in [-0.4, -0.2) is 18.3 Å². The summed E-state index contributed by atoms with van der Waals surface area (Å²) < 4.78 is 2.24. The van der Waals surface area contributed by atoms with Crippen LogP contribution in [0.2, 0.25) is 13.1 Å². The van der Waals surface area contributed by atoms with E-state index >= 15 is 0 Å². The lowest BCUT2D eigenvalue weighted by Gasteiger charge is -2.37. The fraction of sp³-hybridized carbons (Fsp3) is 0.333. The van der Waals surface area contributed by atoms with Crippen molar-refractivity contribution >= 4 is 13.9 Å². The maximum atomic E-state index is 3.93. The number of aromatic nitrogens is 1. The molecule has 1 aromatic heterocycles. The summed E-state index contributed by atoms with van der Waals surface area (Å²) in [4.78, 5) is 3.93. The molecule has 2 aromatic rings. The predicted molar refractivity (Wildman–Crippen MR) is 122 cm³/mol. The van der Waals surface area contributed by atoms with Crippen LogP contribution >= 0.6 is 0 Å². The Bertz CT molecular complexity index is 820. The third-order valence-electron chi connectivity index (χ3n) is 4.60. The molecule has 1 unspecified atom stereocenters. The van der Waals surface area contributed by atoms with Crippen LogP contribution in [-0.2, 0) is 0 Å². The van der Waals surface area contributed by atoms with Crippen molar-refractivity contribution in [3.63, 3.8) is 0 Å². The molecule has 0 amide bonds. The topological polar surface area (TPSA) is 17.0 Å². The number of fused-ring (bicyclic) bond motifs is 1. The van der Waals surface area contributed by atoms with Crippen LogP contribution in [0.4, 0.5) is 0 Å². The number of benzene rings is 1. The van der Waals surface area contributed by atoms with Gasteiger partial charge in [0.25, 0.3) is 0 Å². The molecule has 0 bridgehead atoms. The molecular formula is C24H34N2Si. The zero-order valence-corrected chi connectivity index (χ0v) is 18.7. The maximum absolute atomic E-state index is 3.93. The van der Waals surface area contributed by atoms with E-state index in [-0.39, 0.29) is 5.54 Å². The van der Waals surface area contributed by atoms with Crippen LogP contribution in [0.25, 0.3) is 5.70 Å². The number of hydrogen-bond acceptors (Lipinski definition) is 1. The van der Waals surface area contributed by atoms with E-state index < -0.39 is 8.24 Å². The number of nitrogens with zero attached hydrogens (tertiary/aromatic N) is 1. The van der Waals surface area contributed by atoms with Crippen molar-refractivity contribution in [2.24, 2.45) is 0 Å². The van der Waals surface area contributed by atoms with Crippen LogP contribution in [0.5, 0.6) is 0 Å². The summed E-state index contributed by atoms with van der Waals surface area (Å²) in [5.41, 5.74) is 5.83. The summed E-state index contributed by atoms with van der Waals surface area (Å²) in [7, 11) is -1.65. The second-order valence-corrected chi connectivity index (χ2v) is 13.2. The molecule has 0 radical (unpaired) electrons. The summed E-state index contributed by atoms with van der Waals surface area (Å²) >= 11 is 0. The number of hydrogen-bond donors (Lipinski definition) is 1. The van der Waals surface area contributed by atoms with Crippen molar-refractivity contribution in [2.45, 2.75) is 51.9 Å². The van der Waals surface area contributed by atoms with Crippen molar-refractivity contribution in [1.82, 2.24) is 9.55 Å². The van der Waals surface area contributed by atoms with E-state index in [2.05, 4.69) is 111 Å². The largest absolute Gasteiger partial charge is 0.332 e. The van der Waals surface area contributed by atoms with Crippen LogP contribution in [0.1, 0.15) is 44.4 Å². The Balaban J connectivity index is 0.000000465. The summed E-state index contributed by atoms with van der Waals surface area (Å²) in [6.07, 6.45) is 8.46. The zero-order valence-electron chi connectivity index (χ0n) is 17.7. The van der Waals surface area contributed by atoms with Crippen molar-refractivity contribution in [2.75, 3.05) is 0 Å². The van der Waals surface area contributed by atoms with Gasteiger partial charge >= 0.3 is 0 Å². The molecule has 0 fully saturated rings. The first-order chi connectivity index (χ1) is 12.5. The smallest absolute Gasteiger partial charge is 0.131 e. The fourth-order valence-corrected chi connectivity index (χ4v) is 7.39. The van der Waals surface area contributed by atoms with Crippen molar-refractivity contribution in [3.8, 4) is 0 Å². The molecule has 1 atom stereocenters. The first kappa shape index (κ1) is 21.2. The number of rotatable bonds is 4. The first-order valence-electron chi connectivity index (χ1n) is 9.57. The minimum Gasteiger partial charge on any atom is -0.332 e. The van der Waals surface area contributed by atoms with Crippen LogP contribution in [0.15, 0.2) is 79.7 Å². The van der Waals surface area contributed by atoms with Crippen molar-refractivity contribution in [1.29, 1.82) is 0 Å².